The second-order valence-electron chi connectivity index (χ2n) is 6.33. The highest BCUT2D eigenvalue weighted by molar-refractivity contribution is 7.17. The van der Waals surface area contributed by atoms with Crippen LogP contribution in [-0.4, -0.2) is 36.0 Å². The van der Waals surface area contributed by atoms with E-state index >= 15 is 0 Å². The van der Waals surface area contributed by atoms with Crippen molar-refractivity contribution in [2.75, 3.05) is 13.1 Å². The number of hydrogen-bond donors (Lipinski definition) is 0. The van der Waals surface area contributed by atoms with Crippen molar-refractivity contribution in [2.24, 2.45) is 0 Å². The molecule has 1 amide bonds. The summed E-state index contributed by atoms with van der Waals surface area (Å²) in [6, 6.07) is 9.60. The van der Waals surface area contributed by atoms with E-state index in [9.17, 15) is 9.59 Å². The second-order valence-corrected chi connectivity index (χ2v) is 7.38. The Morgan fingerprint density at radius 3 is 2.80 bits per heavy atom. The number of fused-ring (bicyclic) bond motifs is 3. The van der Waals surface area contributed by atoms with Crippen molar-refractivity contribution >= 4 is 23.2 Å². The van der Waals surface area contributed by atoms with Gasteiger partial charge in [0.25, 0.3) is 5.91 Å². The van der Waals surface area contributed by atoms with Gasteiger partial charge in [0.15, 0.2) is 6.10 Å². The number of ether oxygens (including phenoxy) is 2. The Labute approximate surface area is 150 Å². The quantitative estimate of drug-likeness (QED) is 0.789. The lowest BCUT2D eigenvalue weighted by atomic mass is 10.1. The van der Waals surface area contributed by atoms with Crippen LogP contribution in [0, 0.1) is 0 Å². The summed E-state index contributed by atoms with van der Waals surface area (Å²) in [5, 5.41) is 0. The molecule has 0 radical (unpaired) electrons. The molecule has 4 rings (SSSR count). The fourth-order valence-electron chi connectivity index (χ4n) is 3.26. The molecule has 25 heavy (non-hydrogen) atoms. The van der Waals surface area contributed by atoms with Crippen LogP contribution in [0.3, 0.4) is 0 Å². The highest BCUT2D eigenvalue weighted by Crippen LogP contribution is 2.42. The zero-order valence-corrected chi connectivity index (χ0v) is 14.8. The highest BCUT2D eigenvalue weighted by Gasteiger charge is 2.28. The maximum Gasteiger partial charge on any atom is 0.349 e. The zero-order chi connectivity index (χ0) is 17.4. The van der Waals surface area contributed by atoms with E-state index in [1.165, 1.54) is 11.3 Å². The van der Waals surface area contributed by atoms with Gasteiger partial charge in [0.1, 0.15) is 17.2 Å². The molecule has 0 spiro atoms. The van der Waals surface area contributed by atoms with Gasteiger partial charge in [-0.25, -0.2) is 4.79 Å². The molecule has 0 unspecified atom stereocenters. The molecule has 0 N–H and O–H groups in total. The molecule has 1 aromatic carbocycles. The molecule has 2 aliphatic rings. The van der Waals surface area contributed by atoms with Gasteiger partial charge in [-0.1, -0.05) is 12.1 Å². The smallest absolute Gasteiger partial charge is 0.349 e. The number of rotatable bonds is 3. The average Bonchev–Trinajstić information content (AvgIpc) is 3.30. The first-order valence-electron chi connectivity index (χ1n) is 8.48. The van der Waals surface area contributed by atoms with Crippen LogP contribution in [-0.2, 0) is 16.1 Å². The predicted molar refractivity (Wildman–Crippen MR) is 94.8 cm³/mol. The normalized spacial score (nSPS) is 16.6. The van der Waals surface area contributed by atoms with Crippen molar-refractivity contribution in [3.8, 4) is 16.2 Å². The van der Waals surface area contributed by atoms with Crippen LogP contribution in [0.15, 0.2) is 30.3 Å². The average molecular weight is 357 g/mol. The van der Waals surface area contributed by atoms with Gasteiger partial charge < -0.3 is 14.4 Å². The van der Waals surface area contributed by atoms with Crippen LogP contribution < -0.4 is 4.74 Å². The molecule has 2 aliphatic heterocycles. The molecule has 0 aliphatic carbocycles. The monoisotopic (exact) mass is 357 g/mol. The summed E-state index contributed by atoms with van der Waals surface area (Å²) < 4.78 is 11.1. The van der Waals surface area contributed by atoms with Gasteiger partial charge in [0, 0.05) is 29.1 Å². The third-order valence-electron chi connectivity index (χ3n) is 4.57. The Hall–Kier alpha value is -2.34. The Balaban J connectivity index is 1.50. The lowest BCUT2D eigenvalue weighted by Gasteiger charge is -2.20. The molecule has 130 valence electrons. The minimum atomic E-state index is -0.756. The summed E-state index contributed by atoms with van der Waals surface area (Å²) in [5.41, 5.74) is 1.98. The number of nitrogens with zero attached hydrogens (tertiary/aromatic N) is 1. The lowest BCUT2D eigenvalue weighted by Crippen LogP contribution is -2.38. The molecule has 1 saturated heterocycles. The molecule has 0 saturated carbocycles. The van der Waals surface area contributed by atoms with E-state index in [2.05, 4.69) is 0 Å². The number of hydrogen-bond acceptors (Lipinski definition) is 5. The molecular formula is C19H19NO4S. The van der Waals surface area contributed by atoms with E-state index in [1.807, 2.05) is 30.3 Å². The van der Waals surface area contributed by atoms with Gasteiger partial charge in [0.05, 0.1) is 0 Å². The number of amides is 1. The minimum absolute atomic E-state index is 0.110. The van der Waals surface area contributed by atoms with E-state index in [0.29, 0.717) is 11.5 Å². The van der Waals surface area contributed by atoms with Crippen molar-refractivity contribution in [3.63, 3.8) is 0 Å². The largest absolute Gasteiger partial charge is 0.488 e. The molecule has 2 aromatic rings. The molecule has 1 aromatic heterocycles. The van der Waals surface area contributed by atoms with Crippen LogP contribution in [0.25, 0.3) is 10.4 Å². The van der Waals surface area contributed by atoms with Crippen molar-refractivity contribution < 1.29 is 19.1 Å². The second kappa shape index (κ2) is 6.52. The van der Waals surface area contributed by atoms with Crippen molar-refractivity contribution in [1.29, 1.82) is 0 Å². The highest BCUT2D eigenvalue weighted by atomic mass is 32.1. The van der Waals surface area contributed by atoms with Gasteiger partial charge in [-0.05, 0) is 38.0 Å². The molecule has 1 fully saturated rings. The maximum atomic E-state index is 12.5. The van der Waals surface area contributed by atoms with Crippen LogP contribution in [0.4, 0.5) is 0 Å². The van der Waals surface area contributed by atoms with Crippen LogP contribution in [0.5, 0.6) is 5.75 Å². The Morgan fingerprint density at radius 1 is 1.24 bits per heavy atom. The van der Waals surface area contributed by atoms with Crippen LogP contribution >= 0.6 is 11.3 Å². The van der Waals surface area contributed by atoms with Crippen molar-refractivity contribution in [3.05, 3.63) is 40.8 Å². The first kappa shape index (κ1) is 16.1. The molecule has 1 atom stereocenters. The summed E-state index contributed by atoms with van der Waals surface area (Å²) in [6.45, 7) is 3.59. The van der Waals surface area contributed by atoms with Gasteiger partial charge in [-0.3, -0.25) is 4.79 Å². The molecular weight excluding hydrogens is 338 g/mol. The number of carbonyl (C=O) groups is 2. The van der Waals surface area contributed by atoms with Gasteiger partial charge in [0.2, 0.25) is 0 Å². The number of benzene rings is 1. The number of likely N-dealkylation sites (tertiary alicyclic amines) is 1. The fraction of sp³-hybridized carbons (Fsp3) is 0.368. The first-order valence-corrected chi connectivity index (χ1v) is 9.30. The molecule has 3 heterocycles. The van der Waals surface area contributed by atoms with Gasteiger partial charge in [-0.2, -0.15) is 0 Å². The summed E-state index contributed by atoms with van der Waals surface area (Å²) >= 11 is 1.39. The SMILES string of the molecule is C[C@@H](OC(=O)c1cc2c(s1)-c1ccccc1OC2)C(=O)N1CCCC1. The molecule has 5 nitrogen and oxygen atoms in total. The van der Waals surface area contributed by atoms with E-state index in [4.69, 9.17) is 9.47 Å². The maximum absolute atomic E-state index is 12.5. The van der Waals surface area contributed by atoms with Gasteiger partial charge >= 0.3 is 5.97 Å². The van der Waals surface area contributed by atoms with Gasteiger partial charge in [-0.15, -0.1) is 11.3 Å². The van der Waals surface area contributed by atoms with E-state index in [1.54, 1.807) is 11.8 Å². The Kier molecular flexibility index (Phi) is 4.21. The summed E-state index contributed by atoms with van der Waals surface area (Å²) in [4.78, 5) is 28.1. The number of para-hydroxylation sites is 1. The van der Waals surface area contributed by atoms with E-state index in [0.717, 1.165) is 47.7 Å². The van der Waals surface area contributed by atoms with E-state index < -0.39 is 12.1 Å². The minimum Gasteiger partial charge on any atom is -0.488 e. The lowest BCUT2D eigenvalue weighted by molar-refractivity contribution is -0.138. The summed E-state index contributed by atoms with van der Waals surface area (Å²) in [5.74, 6) is 0.270. The number of thiophene rings is 1. The number of esters is 1. The fourth-order valence-corrected chi connectivity index (χ4v) is 4.34. The van der Waals surface area contributed by atoms with Crippen LogP contribution in [0.2, 0.25) is 0 Å². The Bertz CT molecular complexity index is 823. The van der Waals surface area contributed by atoms with Crippen molar-refractivity contribution in [2.45, 2.75) is 32.5 Å². The first-order chi connectivity index (χ1) is 12.1. The third-order valence-corrected chi connectivity index (χ3v) is 5.77. The van der Waals surface area contributed by atoms with Crippen LogP contribution in [0.1, 0.15) is 35.0 Å². The standard InChI is InChI=1S/C19H19NO4S/c1-12(18(21)20-8-4-5-9-20)24-19(22)16-10-13-11-23-15-7-3-2-6-14(15)17(13)25-16/h2-3,6-7,10,12H,4-5,8-9,11H2,1H3/t12-/m1/s1. The summed E-state index contributed by atoms with van der Waals surface area (Å²) in [6.07, 6.45) is 1.28. The molecule has 6 heteroatoms. The number of carbonyl (C=O) groups excluding carboxylic acids is 2. The van der Waals surface area contributed by atoms with Crippen molar-refractivity contribution in [1.82, 2.24) is 4.90 Å². The van der Waals surface area contributed by atoms with E-state index in [-0.39, 0.29) is 5.91 Å². The third kappa shape index (κ3) is 3.02. The zero-order valence-electron chi connectivity index (χ0n) is 14.0. The molecule has 0 bridgehead atoms. The topological polar surface area (TPSA) is 55.8 Å². The predicted octanol–water partition coefficient (Wildman–Crippen LogP) is 3.48. The Morgan fingerprint density at radius 2 is 2.00 bits per heavy atom. The summed E-state index contributed by atoms with van der Waals surface area (Å²) in [7, 11) is 0.